The largest absolute Gasteiger partial charge is 0.480 e. The molecular weight excluding hydrogens is 312 g/mol. The highest BCUT2D eigenvalue weighted by Gasteiger charge is 2.26. The summed E-state index contributed by atoms with van der Waals surface area (Å²) >= 11 is 0. The zero-order valence-electron chi connectivity index (χ0n) is 13.2. The molecule has 0 saturated heterocycles. The van der Waals surface area contributed by atoms with Gasteiger partial charge in [0.25, 0.3) is 5.91 Å². The van der Waals surface area contributed by atoms with E-state index in [-0.39, 0.29) is 17.9 Å². The first-order valence-electron chi connectivity index (χ1n) is 7.71. The van der Waals surface area contributed by atoms with Crippen molar-refractivity contribution in [1.82, 2.24) is 10.3 Å². The van der Waals surface area contributed by atoms with Gasteiger partial charge >= 0.3 is 5.97 Å². The Morgan fingerprint density at radius 3 is 2.96 bits per heavy atom. The molecular formula is C17H18N2O5. The molecule has 1 aliphatic carbocycles. The number of hydrogen-bond donors (Lipinski definition) is 2. The number of hydrogen-bond acceptors (Lipinski definition) is 5. The molecule has 0 saturated carbocycles. The third-order valence-corrected chi connectivity index (χ3v) is 4.04. The van der Waals surface area contributed by atoms with Gasteiger partial charge in [0, 0.05) is 12.1 Å². The smallest absolute Gasteiger partial charge is 0.326 e. The second-order valence-corrected chi connectivity index (χ2v) is 5.65. The van der Waals surface area contributed by atoms with Crippen LogP contribution in [0.2, 0.25) is 0 Å². The summed E-state index contributed by atoms with van der Waals surface area (Å²) in [5.41, 5.74) is 2.21. The molecule has 7 nitrogen and oxygen atoms in total. The second kappa shape index (κ2) is 6.74. The third kappa shape index (κ3) is 3.24. The highest BCUT2D eigenvalue weighted by atomic mass is 16.5. The molecule has 2 aromatic rings. The van der Waals surface area contributed by atoms with E-state index in [0.29, 0.717) is 5.76 Å². The number of carboxylic acids is 1. The number of carboxylic acid groups (broad SMARTS) is 1. The van der Waals surface area contributed by atoms with Crippen molar-refractivity contribution < 1.29 is 23.8 Å². The van der Waals surface area contributed by atoms with E-state index in [2.05, 4.69) is 10.3 Å². The Hall–Kier alpha value is -2.83. The second-order valence-electron chi connectivity index (χ2n) is 5.65. The number of amides is 1. The van der Waals surface area contributed by atoms with Crippen LogP contribution in [0.25, 0.3) is 0 Å². The van der Waals surface area contributed by atoms with Gasteiger partial charge in [-0.1, -0.05) is 0 Å². The molecule has 1 aliphatic rings. The van der Waals surface area contributed by atoms with E-state index >= 15 is 0 Å². The lowest BCUT2D eigenvalue weighted by Gasteiger charge is -2.15. The summed E-state index contributed by atoms with van der Waals surface area (Å²) in [7, 11) is 1.44. The lowest BCUT2D eigenvalue weighted by Crippen LogP contribution is -2.42. The summed E-state index contributed by atoms with van der Waals surface area (Å²) in [4.78, 5) is 28.3. The Morgan fingerprint density at radius 2 is 2.29 bits per heavy atom. The predicted molar refractivity (Wildman–Crippen MR) is 84.1 cm³/mol. The Morgan fingerprint density at radius 1 is 1.46 bits per heavy atom. The Bertz CT molecular complexity index is 755. The Labute approximate surface area is 138 Å². The van der Waals surface area contributed by atoms with Crippen LogP contribution in [0.5, 0.6) is 5.88 Å². The highest BCUT2D eigenvalue weighted by molar-refractivity contribution is 5.98. The number of pyridine rings is 1. The van der Waals surface area contributed by atoms with Crippen LogP contribution in [-0.2, 0) is 24.1 Å². The van der Waals surface area contributed by atoms with Crippen molar-refractivity contribution >= 4 is 11.9 Å². The van der Waals surface area contributed by atoms with E-state index in [1.807, 2.05) is 0 Å². The van der Waals surface area contributed by atoms with E-state index in [0.717, 1.165) is 30.5 Å². The topological polar surface area (TPSA) is 102 Å². The molecule has 0 aromatic carbocycles. The van der Waals surface area contributed by atoms with Gasteiger partial charge in [0.15, 0.2) is 0 Å². The van der Waals surface area contributed by atoms with Crippen LogP contribution in [0.3, 0.4) is 0 Å². The predicted octanol–water partition coefficient (Wildman–Crippen LogP) is 1.60. The lowest BCUT2D eigenvalue weighted by atomic mass is 10.1. The van der Waals surface area contributed by atoms with E-state index in [1.165, 1.54) is 13.4 Å². The van der Waals surface area contributed by atoms with Gasteiger partial charge in [0.1, 0.15) is 17.4 Å². The minimum Gasteiger partial charge on any atom is -0.480 e. The van der Waals surface area contributed by atoms with Gasteiger partial charge in [-0.15, -0.1) is 0 Å². The fourth-order valence-electron chi connectivity index (χ4n) is 2.84. The van der Waals surface area contributed by atoms with Crippen molar-refractivity contribution in [3.63, 3.8) is 0 Å². The SMILES string of the molecule is COc1nc2c(cc1C(=O)N[C@@H](Cc1ccco1)C(=O)O)CCC2. The summed E-state index contributed by atoms with van der Waals surface area (Å²) in [6, 6.07) is 3.99. The fourth-order valence-corrected chi connectivity index (χ4v) is 2.84. The molecule has 0 bridgehead atoms. The number of methoxy groups -OCH3 is 1. The number of aromatic nitrogens is 1. The fraction of sp³-hybridized carbons (Fsp3) is 0.353. The van der Waals surface area contributed by atoms with Crippen molar-refractivity contribution in [2.24, 2.45) is 0 Å². The van der Waals surface area contributed by atoms with Crippen molar-refractivity contribution in [2.45, 2.75) is 31.7 Å². The van der Waals surface area contributed by atoms with Crippen LogP contribution >= 0.6 is 0 Å². The van der Waals surface area contributed by atoms with E-state index in [9.17, 15) is 14.7 Å². The van der Waals surface area contributed by atoms with Gasteiger partial charge < -0.3 is 19.6 Å². The van der Waals surface area contributed by atoms with Crippen molar-refractivity contribution in [3.05, 3.63) is 47.0 Å². The van der Waals surface area contributed by atoms with Crippen molar-refractivity contribution in [2.75, 3.05) is 7.11 Å². The molecule has 3 rings (SSSR count). The summed E-state index contributed by atoms with van der Waals surface area (Å²) in [5, 5.41) is 11.9. The number of nitrogens with zero attached hydrogens (tertiary/aromatic N) is 1. The first-order chi connectivity index (χ1) is 11.6. The van der Waals surface area contributed by atoms with E-state index < -0.39 is 17.9 Å². The minimum atomic E-state index is -1.13. The van der Waals surface area contributed by atoms with Crippen LogP contribution in [-0.4, -0.2) is 35.1 Å². The summed E-state index contributed by atoms with van der Waals surface area (Å²) in [6.45, 7) is 0. The van der Waals surface area contributed by atoms with Gasteiger partial charge in [0.2, 0.25) is 5.88 Å². The van der Waals surface area contributed by atoms with Gasteiger partial charge in [-0.05, 0) is 43.0 Å². The molecule has 0 radical (unpaired) electrons. The monoisotopic (exact) mass is 330 g/mol. The maximum atomic E-state index is 12.5. The van der Waals surface area contributed by atoms with Gasteiger partial charge in [0.05, 0.1) is 13.4 Å². The number of rotatable bonds is 6. The van der Waals surface area contributed by atoms with E-state index in [4.69, 9.17) is 9.15 Å². The summed E-state index contributed by atoms with van der Waals surface area (Å²) < 4.78 is 10.4. The molecule has 24 heavy (non-hydrogen) atoms. The normalized spacial score (nSPS) is 14.0. The van der Waals surface area contributed by atoms with Gasteiger partial charge in [-0.25, -0.2) is 9.78 Å². The van der Waals surface area contributed by atoms with Crippen LogP contribution in [0.4, 0.5) is 0 Å². The number of nitrogens with one attached hydrogen (secondary N) is 1. The number of aryl methyl sites for hydroxylation is 2. The van der Waals surface area contributed by atoms with E-state index in [1.54, 1.807) is 18.2 Å². The zero-order chi connectivity index (χ0) is 17.1. The average molecular weight is 330 g/mol. The molecule has 7 heteroatoms. The quantitative estimate of drug-likeness (QED) is 0.834. The molecule has 2 N–H and O–H groups in total. The van der Waals surface area contributed by atoms with Crippen LogP contribution in [0.1, 0.15) is 33.8 Å². The number of fused-ring (bicyclic) bond motifs is 1. The number of carbonyl (C=O) groups is 2. The maximum absolute atomic E-state index is 12.5. The number of furan rings is 1. The van der Waals surface area contributed by atoms with Gasteiger partial charge in [-0.2, -0.15) is 0 Å². The first kappa shape index (κ1) is 16.0. The average Bonchev–Trinajstić information content (AvgIpc) is 3.23. The molecule has 2 heterocycles. The number of carbonyl (C=O) groups excluding carboxylic acids is 1. The number of ether oxygens (including phenoxy) is 1. The molecule has 0 aliphatic heterocycles. The molecule has 126 valence electrons. The molecule has 0 fully saturated rings. The number of aliphatic carboxylic acids is 1. The lowest BCUT2D eigenvalue weighted by molar-refractivity contribution is -0.139. The summed E-state index contributed by atoms with van der Waals surface area (Å²) in [6.07, 6.45) is 4.25. The zero-order valence-corrected chi connectivity index (χ0v) is 13.2. The third-order valence-electron chi connectivity index (χ3n) is 4.04. The van der Waals surface area contributed by atoms with Crippen LogP contribution < -0.4 is 10.1 Å². The van der Waals surface area contributed by atoms with Gasteiger partial charge in [-0.3, -0.25) is 4.79 Å². The Balaban J connectivity index is 1.81. The molecule has 0 unspecified atom stereocenters. The molecule has 2 aromatic heterocycles. The Kier molecular flexibility index (Phi) is 4.50. The molecule has 1 amide bonds. The van der Waals surface area contributed by atoms with Crippen LogP contribution in [0.15, 0.2) is 28.9 Å². The molecule has 0 spiro atoms. The van der Waals surface area contributed by atoms with Crippen molar-refractivity contribution in [3.8, 4) is 5.88 Å². The first-order valence-corrected chi connectivity index (χ1v) is 7.71. The maximum Gasteiger partial charge on any atom is 0.326 e. The van der Waals surface area contributed by atoms with Crippen LogP contribution in [0, 0.1) is 0 Å². The highest BCUT2D eigenvalue weighted by Crippen LogP contribution is 2.26. The van der Waals surface area contributed by atoms with Crippen molar-refractivity contribution in [1.29, 1.82) is 0 Å². The minimum absolute atomic E-state index is 0.0642. The summed E-state index contributed by atoms with van der Waals surface area (Å²) in [5.74, 6) is -0.946. The molecule has 1 atom stereocenters. The standard InChI is InChI=1S/C17H18N2O5/c1-23-16-12(8-10-4-2-6-13(10)19-16)15(20)18-14(17(21)22)9-11-5-3-7-24-11/h3,5,7-8,14H,2,4,6,9H2,1H3,(H,18,20)(H,21,22)/t14-/m0/s1.